The van der Waals surface area contributed by atoms with E-state index >= 15 is 0 Å². The van der Waals surface area contributed by atoms with Gasteiger partial charge in [0.2, 0.25) is 0 Å². The summed E-state index contributed by atoms with van der Waals surface area (Å²) >= 11 is 0. The summed E-state index contributed by atoms with van der Waals surface area (Å²) in [5, 5.41) is 6.27. The minimum atomic E-state index is -0.180. The van der Waals surface area contributed by atoms with Crippen LogP contribution in [-0.2, 0) is 6.54 Å². The number of H-pyrrole nitrogens is 1. The normalized spacial score (nSPS) is 10.3. The number of nitrogens with one attached hydrogen (secondary N) is 1. The number of amides is 1. The molecule has 0 spiro atoms. The number of aromatic amines is 1. The molecule has 84 valence electrons. The highest BCUT2D eigenvalue weighted by Gasteiger charge is 2.15. The maximum Gasteiger partial charge on any atom is 0.272 e. The number of carbonyl (C=O) groups is 1. The molecule has 2 aromatic rings. The summed E-state index contributed by atoms with van der Waals surface area (Å²) in [4.78, 5) is 13.4. The molecule has 0 fully saturated rings. The minimum absolute atomic E-state index is 0.180. The second-order valence-electron chi connectivity index (χ2n) is 3.45. The molecular weight excluding hydrogens is 208 g/mol. The Balaban J connectivity index is 2.05. The van der Waals surface area contributed by atoms with Crippen molar-refractivity contribution >= 4 is 11.7 Å². The van der Waals surface area contributed by atoms with Gasteiger partial charge >= 0.3 is 0 Å². The number of anilines is 1. The molecular formula is C10H12N4O2. The van der Waals surface area contributed by atoms with Crippen LogP contribution in [0.25, 0.3) is 0 Å². The fourth-order valence-electron chi connectivity index (χ4n) is 1.36. The first-order chi connectivity index (χ1) is 7.66. The molecule has 0 aromatic carbocycles. The molecule has 2 rings (SSSR count). The van der Waals surface area contributed by atoms with Crippen LogP contribution >= 0.6 is 0 Å². The van der Waals surface area contributed by atoms with Gasteiger partial charge in [0.05, 0.1) is 12.8 Å². The van der Waals surface area contributed by atoms with Gasteiger partial charge in [-0.2, -0.15) is 5.10 Å². The van der Waals surface area contributed by atoms with Crippen LogP contribution in [0.4, 0.5) is 5.82 Å². The zero-order valence-corrected chi connectivity index (χ0v) is 8.80. The third-order valence-corrected chi connectivity index (χ3v) is 2.15. The van der Waals surface area contributed by atoms with E-state index in [1.807, 2.05) is 6.07 Å². The largest absolute Gasteiger partial charge is 0.467 e. The highest BCUT2D eigenvalue weighted by atomic mass is 16.3. The average Bonchev–Trinajstić information content (AvgIpc) is 2.88. The third kappa shape index (κ3) is 2.05. The molecule has 2 aromatic heterocycles. The van der Waals surface area contributed by atoms with Crippen molar-refractivity contribution in [3.63, 3.8) is 0 Å². The van der Waals surface area contributed by atoms with Crippen LogP contribution in [0.5, 0.6) is 0 Å². The Morgan fingerprint density at radius 1 is 1.69 bits per heavy atom. The zero-order chi connectivity index (χ0) is 11.5. The number of furan rings is 1. The van der Waals surface area contributed by atoms with Gasteiger partial charge in [-0.15, -0.1) is 0 Å². The monoisotopic (exact) mass is 220 g/mol. The standard InChI is InChI=1S/C10H12N4O2/c1-14(6-7-3-2-4-16-7)10(15)8-5-9(11)13-12-8/h2-5H,6H2,1H3,(H3,11,12,13). The molecule has 16 heavy (non-hydrogen) atoms. The zero-order valence-electron chi connectivity index (χ0n) is 8.80. The summed E-state index contributed by atoms with van der Waals surface area (Å²) in [5.74, 6) is 0.846. The second-order valence-corrected chi connectivity index (χ2v) is 3.45. The Bertz CT molecular complexity index is 475. The van der Waals surface area contributed by atoms with Crippen LogP contribution in [0, 0.1) is 0 Å². The molecule has 6 heteroatoms. The van der Waals surface area contributed by atoms with Crippen molar-refractivity contribution in [3.8, 4) is 0 Å². The second kappa shape index (κ2) is 4.09. The summed E-state index contributed by atoms with van der Waals surface area (Å²) in [7, 11) is 1.68. The van der Waals surface area contributed by atoms with E-state index in [-0.39, 0.29) is 5.91 Å². The Morgan fingerprint density at radius 3 is 3.06 bits per heavy atom. The predicted molar refractivity (Wildman–Crippen MR) is 57.5 cm³/mol. The molecule has 0 aliphatic carbocycles. The van der Waals surface area contributed by atoms with Crippen LogP contribution in [0.2, 0.25) is 0 Å². The van der Waals surface area contributed by atoms with Gasteiger partial charge in [0, 0.05) is 13.1 Å². The number of carbonyl (C=O) groups excluding carboxylic acids is 1. The van der Waals surface area contributed by atoms with Gasteiger partial charge in [0.25, 0.3) is 5.91 Å². The number of nitrogen functional groups attached to an aromatic ring is 1. The summed E-state index contributed by atoms with van der Waals surface area (Å²) in [5.41, 5.74) is 5.79. The number of hydrogen-bond acceptors (Lipinski definition) is 4. The Hall–Kier alpha value is -2.24. The molecule has 1 amide bonds. The van der Waals surface area contributed by atoms with E-state index in [1.54, 1.807) is 19.4 Å². The van der Waals surface area contributed by atoms with E-state index in [9.17, 15) is 4.79 Å². The lowest BCUT2D eigenvalue weighted by molar-refractivity contribution is 0.0769. The van der Waals surface area contributed by atoms with E-state index < -0.39 is 0 Å². The third-order valence-electron chi connectivity index (χ3n) is 2.15. The molecule has 6 nitrogen and oxygen atoms in total. The fourth-order valence-corrected chi connectivity index (χ4v) is 1.36. The van der Waals surface area contributed by atoms with Crippen molar-refractivity contribution in [2.75, 3.05) is 12.8 Å². The van der Waals surface area contributed by atoms with Crippen molar-refractivity contribution in [3.05, 3.63) is 35.9 Å². The summed E-state index contributed by atoms with van der Waals surface area (Å²) < 4.78 is 5.15. The van der Waals surface area contributed by atoms with E-state index in [4.69, 9.17) is 10.2 Å². The summed E-state index contributed by atoms with van der Waals surface area (Å²) in [6.45, 7) is 0.407. The number of rotatable bonds is 3. The lowest BCUT2D eigenvalue weighted by Crippen LogP contribution is -2.26. The summed E-state index contributed by atoms with van der Waals surface area (Å²) in [6.07, 6.45) is 1.57. The van der Waals surface area contributed by atoms with Gasteiger partial charge in [-0.3, -0.25) is 9.89 Å². The van der Waals surface area contributed by atoms with Crippen molar-refractivity contribution in [2.45, 2.75) is 6.54 Å². The molecule has 0 unspecified atom stereocenters. The highest BCUT2D eigenvalue weighted by Crippen LogP contribution is 2.08. The molecule has 0 saturated heterocycles. The summed E-state index contributed by atoms with van der Waals surface area (Å²) in [6, 6.07) is 5.09. The molecule has 0 bridgehead atoms. The maximum absolute atomic E-state index is 11.8. The van der Waals surface area contributed by atoms with Crippen LogP contribution in [0.15, 0.2) is 28.9 Å². The van der Waals surface area contributed by atoms with Crippen LogP contribution in [0.1, 0.15) is 16.2 Å². The van der Waals surface area contributed by atoms with Gasteiger partial charge < -0.3 is 15.1 Å². The minimum Gasteiger partial charge on any atom is -0.467 e. The molecule has 2 heterocycles. The first-order valence-electron chi connectivity index (χ1n) is 4.75. The number of hydrogen-bond donors (Lipinski definition) is 2. The van der Waals surface area contributed by atoms with Crippen LogP contribution in [-0.4, -0.2) is 28.1 Å². The van der Waals surface area contributed by atoms with Crippen molar-refractivity contribution in [1.29, 1.82) is 0 Å². The van der Waals surface area contributed by atoms with Crippen LogP contribution in [0.3, 0.4) is 0 Å². The van der Waals surface area contributed by atoms with Crippen molar-refractivity contribution in [2.24, 2.45) is 0 Å². The van der Waals surface area contributed by atoms with Gasteiger partial charge in [0.1, 0.15) is 17.3 Å². The highest BCUT2D eigenvalue weighted by molar-refractivity contribution is 5.92. The average molecular weight is 220 g/mol. The van der Waals surface area contributed by atoms with E-state index in [1.165, 1.54) is 11.0 Å². The molecule has 0 aliphatic heterocycles. The van der Waals surface area contributed by atoms with E-state index in [0.717, 1.165) is 5.76 Å². The number of nitrogens with two attached hydrogens (primary N) is 1. The molecule has 0 aliphatic rings. The first-order valence-corrected chi connectivity index (χ1v) is 4.75. The van der Waals surface area contributed by atoms with Gasteiger partial charge in [-0.05, 0) is 12.1 Å². The first kappa shape index (κ1) is 10.3. The number of aromatic nitrogens is 2. The Morgan fingerprint density at radius 2 is 2.50 bits per heavy atom. The van der Waals surface area contributed by atoms with E-state index in [0.29, 0.717) is 18.1 Å². The van der Waals surface area contributed by atoms with Gasteiger partial charge in [-0.25, -0.2) is 0 Å². The molecule has 0 atom stereocenters. The fraction of sp³-hybridized carbons (Fsp3) is 0.200. The Kier molecular flexibility index (Phi) is 2.63. The van der Waals surface area contributed by atoms with Crippen LogP contribution < -0.4 is 5.73 Å². The lowest BCUT2D eigenvalue weighted by atomic mass is 10.3. The smallest absolute Gasteiger partial charge is 0.272 e. The molecule has 3 N–H and O–H groups in total. The van der Waals surface area contributed by atoms with E-state index in [2.05, 4.69) is 10.2 Å². The maximum atomic E-state index is 11.8. The van der Waals surface area contributed by atoms with Gasteiger partial charge in [-0.1, -0.05) is 0 Å². The quantitative estimate of drug-likeness (QED) is 0.802. The topological polar surface area (TPSA) is 88.2 Å². The van der Waals surface area contributed by atoms with Crippen molar-refractivity contribution in [1.82, 2.24) is 15.1 Å². The Labute approximate surface area is 92.0 Å². The van der Waals surface area contributed by atoms with Gasteiger partial charge in [0.15, 0.2) is 0 Å². The number of nitrogens with zero attached hydrogens (tertiary/aromatic N) is 2. The predicted octanol–water partition coefficient (Wildman–Crippen LogP) is 0.857. The lowest BCUT2D eigenvalue weighted by Gasteiger charge is -2.13. The molecule has 0 radical (unpaired) electrons. The molecule has 0 saturated carbocycles. The SMILES string of the molecule is CN(Cc1ccco1)C(=O)c1cc(N)n[nH]1. The van der Waals surface area contributed by atoms with Crippen molar-refractivity contribution < 1.29 is 9.21 Å².